The highest BCUT2D eigenvalue weighted by atomic mass is 16.5. The first kappa shape index (κ1) is 12.9. The Bertz CT molecular complexity index is 466. The topological polar surface area (TPSA) is 29.5 Å². The van der Waals surface area contributed by atoms with E-state index >= 15 is 0 Å². The van der Waals surface area contributed by atoms with Gasteiger partial charge in [0.05, 0.1) is 7.11 Å². The molecule has 1 amide bonds. The SMILES string of the molecule is COc1cc2c(cc1C(C)C)CCN(C(C)=O)C2. The summed E-state index contributed by atoms with van der Waals surface area (Å²) < 4.78 is 5.46. The van der Waals surface area contributed by atoms with Gasteiger partial charge in [-0.05, 0) is 35.1 Å². The standard InChI is InChI=1S/C15H21NO2/c1-10(2)14-7-12-5-6-16(11(3)17)9-13(12)8-15(14)18-4/h7-8,10H,5-6,9H2,1-4H3. The van der Waals surface area contributed by atoms with Crippen LogP contribution in [-0.2, 0) is 17.8 Å². The minimum absolute atomic E-state index is 0.146. The molecule has 0 atom stereocenters. The van der Waals surface area contributed by atoms with Gasteiger partial charge in [0.2, 0.25) is 5.91 Å². The lowest BCUT2D eigenvalue weighted by Crippen LogP contribution is -2.34. The van der Waals surface area contributed by atoms with Crippen molar-refractivity contribution >= 4 is 5.91 Å². The highest BCUT2D eigenvalue weighted by molar-refractivity contribution is 5.73. The molecule has 3 nitrogen and oxygen atoms in total. The lowest BCUT2D eigenvalue weighted by atomic mass is 9.92. The number of fused-ring (bicyclic) bond motifs is 1. The highest BCUT2D eigenvalue weighted by Gasteiger charge is 2.21. The summed E-state index contributed by atoms with van der Waals surface area (Å²) >= 11 is 0. The molecule has 0 bridgehead atoms. The fourth-order valence-electron chi connectivity index (χ4n) is 2.50. The van der Waals surface area contributed by atoms with E-state index in [0.717, 1.165) is 18.7 Å². The van der Waals surface area contributed by atoms with Crippen molar-refractivity contribution in [2.24, 2.45) is 0 Å². The van der Waals surface area contributed by atoms with E-state index in [0.29, 0.717) is 12.5 Å². The van der Waals surface area contributed by atoms with Crippen molar-refractivity contribution in [3.8, 4) is 5.75 Å². The average molecular weight is 247 g/mol. The molecular weight excluding hydrogens is 226 g/mol. The van der Waals surface area contributed by atoms with Crippen molar-refractivity contribution in [2.45, 2.75) is 39.7 Å². The predicted octanol–water partition coefficient (Wildman–Crippen LogP) is 2.72. The van der Waals surface area contributed by atoms with Crippen LogP contribution in [0.1, 0.15) is 43.4 Å². The van der Waals surface area contributed by atoms with Crippen molar-refractivity contribution < 1.29 is 9.53 Å². The molecule has 18 heavy (non-hydrogen) atoms. The van der Waals surface area contributed by atoms with Crippen molar-refractivity contribution in [3.05, 3.63) is 28.8 Å². The lowest BCUT2D eigenvalue weighted by molar-refractivity contribution is -0.129. The van der Waals surface area contributed by atoms with E-state index in [1.165, 1.54) is 16.7 Å². The van der Waals surface area contributed by atoms with E-state index in [4.69, 9.17) is 4.74 Å². The Morgan fingerprint density at radius 1 is 1.33 bits per heavy atom. The normalized spacial score (nSPS) is 14.6. The third-order valence-corrected chi connectivity index (χ3v) is 3.63. The third kappa shape index (κ3) is 2.35. The summed E-state index contributed by atoms with van der Waals surface area (Å²) in [5.41, 5.74) is 3.84. The lowest BCUT2D eigenvalue weighted by Gasteiger charge is -2.29. The third-order valence-electron chi connectivity index (χ3n) is 3.63. The molecule has 0 saturated carbocycles. The zero-order valence-electron chi connectivity index (χ0n) is 11.6. The van der Waals surface area contributed by atoms with Gasteiger partial charge in [0, 0.05) is 20.0 Å². The predicted molar refractivity (Wildman–Crippen MR) is 71.9 cm³/mol. The number of ether oxygens (including phenoxy) is 1. The molecule has 0 N–H and O–H groups in total. The zero-order chi connectivity index (χ0) is 13.3. The molecule has 0 fully saturated rings. The summed E-state index contributed by atoms with van der Waals surface area (Å²) in [5.74, 6) is 1.54. The number of hydrogen-bond donors (Lipinski definition) is 0. The molecule has 0 spiro atoms. The number of benzene rings is 1. The number of amides is 1. The van der Waals surface area contributed by atoms with E-state index in [1.807, 2.05) is 4.90 Å². The minimum atomic E-state index is 0.146. The molecule has 1 aliphatic rings. The summed E-state index contributed by atoms with van der Waals surface area (Å²) in [6.45, 7) is 7.51. The van der Waals surface area contributed by atoms with E-state index in [9.17, 15) is 4.79 Å². The second-order valence-electron chi connectivity index (χ2n) is 5.21. The molecule has 98 valence electrons. The van der Waals surface area contributed by atoms with Crippen LogP contribution in [-0.4, -0.2) is 24.5 Å². The fourth-order valence-corrected chi connectivity index (χ4v) is 2.50. The molecule has 0 unspecified atom stereocenters. The van der Waals surface area contributed by atoms with Crippen LogP contribution in [0.25, 0.3) is 0 Å². The smallest absolute Gasteiger partial charge is 0.219 e. The molecule has 0 aromatic heterocycles. The Hall–Kier alpha value is -1.51. The first-order chi connectivity index (χ1) is 8.52. The van der Waals surface area contributed by atoms with Crippen LogP contribution in [0, 0.1) is 0 Å². The van der Waals surface area contributed by atoms with Gasteiger partial charge in [-0.25, -0.2) is 0 Å². The summed E-state index contributed by atoms with van der Waals surface area (Å²) in [4.78, 5) is 13.3. The van der Waals surface area contributed by atoms with E-state index in [1.54, 1.807) is 14.0 Å². The average Bonchev–Trinajstić information content (AvgIpc) is 2.36. The maximum absolute atomic E-state index is 11.4. The molecule has 0 saturated heterocycles. The second kappa shape index (κ2) is 5.01. The molecule has 1 heterocycles. The van der Waals surface area contributed by atoms with Crippen LogP contribution in [0.15, 0.2) is 12.1 Å². The molecule has 3 heteroatoms. The molecule has 2 rings (SSSR count). The summed E-state index contributed by atoms with van der Waals surface area (Å²) in [7, 11) is 1.71. The Kier molecular flexibility index (Phi) is 3.60. The Morgan fingerprint density at radius 3 is 2.61 bits per heavy atom. The maximum Gasteiger partial charge on any atom is 0.219 e. The van der Waals surface area contributed by atoms with Crippen LogP contribution in [0.5, 0.6) is 5.75 Å². The molecular formula is C15H21NO2. The Morgan fingerprint density at radius 2 is 2.06 bits per heavy atom. The van der Waals surface area contributed by atoms with E-state index in [2.05, 4.69) is 26.0 Å². The van der Waals surface area contributed by atoms with Gasteiger partial charge in [-0.15, -0.1) is 0 Å². The van der Waals surface area contributed by atoms with Crippen LogP contribution >= 0.6 is 0 Å². The van der Waals surface area contributed by atoms with Crippen molar-refractivity contribution in [2.75, 3.05) is 13.7 Å². The van der Waals surface area contributed by atoms with Crippen LogP contribution in [0.4, 0.5) is 0 Å². The quantitative estimate of drug-likeness (QED) is 0.804. The molecule has 0 radical (unpaired) electrons. The van der Waals surface area contributed by atoms with Crippen molar-refractivity contribution in [3.63, 3.8) is 0 Å². The van der Waals surface area contributed by atoms with Crippen LogP contribution in [0.2, 0.25) is 0 Å². The number of rotatable bonds is 2. The fraction of sp³-hybridized carbons (Fsp3) is 0.533. The summed E-state index contributed by atoms with van der Waals surface area (Å²) in [6.07, 6.45) is 0.943. The number of hydrogen-bond acceptors (Lipinski definition) is 2. The monoisotopic (exact) mass is 247 g/mol. The number of carbonyl (C=O) groups is 1. The molecule has 0 aliphatic carbocycles. The minimum Gasteiger partial charge on any atom is -0.496 e. The molecule has 1 aromatic carbocycles. The maximum atomic E-state index is 11.4. The second-order valence-corrected chi connectivity index (χ2v) is 5.21. The van der Waals surface area contributed by atoms with Gasteiger partial charge in [-0.2, -0.15) is 0 Å². The molecule has 1 aromatic rings. The number of carbonyl (C=O) groups excluding carboxylic acids is 1. The van der Waals surface area contributed by atoms with Crippen molar-refractivity contribution in [1.29, 1.82) is 0 Å². The van der Waals surface area contributed by atoms with Gasteiger partial charge < -0.3 is 9.64 Å². The van der Waals surface area contributed by atoms with E-state index in [-0.39, 0.29) is 5.91 Å². The Balaban J connectivity index is 2.38. The zero-order valence-corrected chi connectivity index (χ0v) is 11.6. The van der Waals surface area contributed by atoms with Gasteiger partial charge >= 0.3 is 0 Å². The van der Waals surface area contributed by atoms with Gasteiger partial charge in [-0.1, -0.05) is 19.9 Å². The van der Waals surface area contributed by atoms with Crippen LogP contribution < -0.4 is 4.74 Å². The van der Waals surface area contributed by atoms with Gasteiger partial charge in [0.25, 0.3) is 0 Å². The Labute approximate surface area is 109 Å². The van der Waals surface area contributed by atoms with Crippen LogP contribution in [0.3, 0.4) is 0 Å². The first-order valence-electron chi connectivity index (χ1n) is 6.48. The first-order valence-corrected chi connectivity index (χ1v) is 6.48. The largest absolute Gasteiger partial charge is 0.496 e. The number of nitrogens with zero attached hydrogens (tertiary/aromatic N) is 1. The highest BCUT2D eigenvalue weighted by Crippen LogP contribution is 2.32. The van der Waals surface area contributed by atoms with Gasteiger partial charge in [-0.3, -0.25) is 4.79 Å². The summed E-state index contributed by atoms with van der Waals surface area (Å²) in [5, 5.41) is 0. The van der Waals surface area contributed by atoms with E-state index < -0.39 is 0 Å². The van der Waals surface area contributed by atoms with Gasteiger partial charge in [0.1, 0.15) is 5.75 Å². The van der Waals surface area contributed by atoms with Crippen molar-refractivity contribution in [1.82, 2.24) is 4.90 Å². The van der Waals surface area contributed by atoms with Gasteiger partial charge in [0.15, 0.2) is 0 Å². The number of methoxy groups -OCH3 is 1. The summed E-state index contributed by atoms with van der Waals surface area (Å²) in [6, 6.07) is 4.34. The molecule has 1 aliphatic heterocycles.